The van der Waals surface area contributed by atoms with Gasteiger partial charge in [-0.2, -0.15) is 5.26 Å². The molecule has 0 spiro atoms. The summed E-state index contributed by atoms with van der Waals surface area (Å²) < 4.78 is 10.7. The molecule has 0 saturated heterocycles. The van der Waals surface area contributed by atoms with Crippen LogP contribution in [0.5, 0.6) is 11.5 Å². The zero-order valence-corrected chi connectivity index (χ0v) is 14.3. The van der Waals surface area contributed by atoms with E-state index in [1.807, 2.05) is 24.3 Å². The number of nitriles is 1. The highest BCUT2D eigenvalue weighted by molar-refractivity contribution is 7.99. The molecule has 2 rings (SSSR count). The van der Waals surface area contributed by atoms with Crippen molar-refractivity contribution in [2.75, 3.05) is 25.2 Å². The van der Waals surface area contributed by atoms with Crippen molar-refractivity contribution in [1.82, 2.24) is 5.32 Å². The molecule has 0 aliphatic heterocycles. The summed E-state index contributed by atoms with van der Waals surface area (Å²) in [5, 5.41) is 12.1. The summed E-state index contributed by atoms with van der Waals surface area (Å²) in [5.41, 5.74) is -0.711. The van der Waals surface area contributed by atoms with Crippen LogP contribution in [-0.4, -0.2) is 36.7 Å². The molecule has 1 aromatic carbocycles. The molecule has 124 valence electrons. The second-order valence-corrected chi connectivity index (χ2v) is 6.82. The van der Waals surface area contributed by atoms with Gasteiger partial charge in [-0.3, -0.25) is 4.79 Å². The maximum atomic E-state index is 11.9. The fourth-order valence-corrected chi connectivity index (χ4v) is 2.87. The largest absolute Gasteiger partial charge is 0.497 e. The Balaban J connectivity index is 1.61. The topological polar surface area (TPSA) is 71.3 Å². The zero-order valence-electron chi connectivity index (χ0n) is 13.5. The number of nitrogens with one attached hydrogen (secondary N) is 1. The second kappa shape index (κ2) is 8.11. The van der Waals surface area contributed by atoms with E-state index in [2.05, 4.69) is 11.4 Å². The van der Waals surface area contributed by atoms with Crippen LogP contribution in [0.3, 0.4) is 0 Å². The molecule has 1 aliphatic carbocycles. The first kappa shape index (κ1) is 17.5. The van der Waals surface area contributed by atoms with E-state index >= 15 is 0 Å². The van der Waals surface area contributed by atoms with Gasteiger partial charge in [0.25, 0.3) is 0 Å². The Bertz CT molecular complexity index is 566. The highest BCUT2D eigenvalue weighted by Gasteiger charge is 2.42. The zero-order chi connectivity index (χ0) is 16.7. The van der Waals surface area contributed by atoms with E-state index in [4.69, 9.17) is 9.47 Å². The molecule has 1 N–H and O–H groups in total. The van der Waals surface area contributed by atoms with E-state index in [1.54, 1.807) is 14.0 Å². The van der Waals surface area contributed by atoms with Crippen molar-refractivity contribution >= 4 is 17.7 Å². The fraction of sp³-hybridized carbons (Fsp3) is 0.529. The van der Waals surface area contributed by atoms with Crippen molar-refractivity contribution in [2.45, 2.75) is 25.3 Å². The van der Waals surface area contributed by atoms with E-state index in [0.29, 0.717) is 24.0 Å². The Hall–Kier alpha value is -1.87. The minimum absolute atomic E-state index is 0.0876. The predicted octanol–water partition coefficient (Wildman–Crippen LogP) is 2.62. The van der Waals surface area contributed by atoms with Gasteiger partial charge in [-0.25, -0.2) is 0 Å². The van der Waals surface area contributed by atoms with Gasteiger partial charge in [0.2, 0.25) is 5.91 Å². The number of amides is 1. The van der Waals surface area contributed by atoms with Crippen molar-refractivity contribution in [2.24, 2.45) is 5.92 Å². The molecule has 0 bridgehead atoms. The summed E-state index contributed by atoms with van der Waals surface area (Å²) in [5.74, 6) is 2.85. The lowest BCUT2D eigenvalue weighted by atomic mass is 9.98. The molecule has 1 aliphatic rings. The molecule has 1 fully saturated rings. The quantitative estimate of drug-likeness (QED) is 0.703. The number of carbonyl (C=O) groups excluding carboxylic acids is 1. The average molecular weight is 334 g/mol. The van der Waals surface area contributed by atoms with Crippen LogP contribution in [0, 0.1) is 17.2 Å². The Morgan fingerprint density at radius 1 is 1.39 bits per heavy atom. The third kappa shape index (κ3) is 5.36. The van der Waals surface area contributed by atoms with Crippen LogP contribution in [0.2, 0.25) is 0 Å². The summed E-state index contributed by atoms with van der Waals surface area (Å²) >= 11 is 1.50. The van der Waals surface area contributed by atoms with E-state index in [-0.39, 0.29) is 5.91 Å². The van der Waals surface area contributed by atoms with Crippen molar-refractivity contribution in [3.05, 3.63) is 24.3 Å². The number of nitrogens with zero attached hydrogens (tertiary/aromatic N) is 1. The van der Waals surface area contributed by atoms with E-state index in [1.165, 1.54) is 11.8 Å². The molecule has 0 aromatic heterocycles. The normalized spacial score (nSPS) is 16.0. The Morgan fingerprint density at radius 3 is 2.61 bits per heavy atom. The monoisotopic (exact) mass is 334 g/mol. The lowest BCUT2D eigenvalue weighted by Gasteiger charge is -2.22. The van der Waals surface area contributed by atoms with Crippen LogP contribution in [-0.2, 0) is 4.79 Å². The molecule has 1 amide bonds. The third-order valence-electron chi connectivity index (χ3n) is 3.81. The molecule has 23 heavy (non-hydrogen) atoms. The van der Waals surface area contributed by atoms with Crippen molar-refractivity contribution in [3.8, 4) is 17.6 Å². The first-order valence-corrected chi connectivity index (χ1v) is 8.80. The molecule has 0 radical (unpaired) electrons. The Morgan fingerprint density at radius 2 is 2.04 bits per heavy atom. The maximum absolute atomic E-state index is 11.9. The van der Waals surface area contributed by atoms with E-state index < -0.39 is 5.54 Å². The smallest absolute Gasteiger partial charge is 0.231 e. The summed E-state index contributed by atoms with van der Waals surface area (Å²) in [6, 6.07) is 9.62. The maximum Gasteiger partial charge on any atom is 0.231 e. The van der Waals surface area contributed by atoms with Crippen LogP contribution in [0.25, 0.3) is 0 Å². The van der Waals surface area contributed by atoms with Crippen LogP contribution >= 0.6 is 11.8 Å². The second-order valence-electron chi connectivity index (χ2n) is 5.71. The molecule has 0 heterocycles. The van der Waals surface area contributed by atoms with E-state index in [9.17, 15) is 10.1 Å². The van der Waals surface area contributed by atoms with Crippen molar-refractivity contribution in [1.29, 1.82) is 5.26 Å². The van der Waals surface area contributed by atoms with Gasteiger partial charge < -0.3 is 14.8 Å². The molecular formula is C17H22N2O3S. The lowest BCUT2D eigenvalue weighted by Crippen LogP contribution is -2.47. The summed E-state index contributed by atoms with van der Waals surface area (Å²) in [4.78, 5) is 11.9. The number of benzene rings is 1. The average Bonchev–Trinajstić information content (AvgIpc) is 3.40. The Kier molecular flexibility index (Phi) is 6.17. The van der Waals surface area contributed by atoms with Gasteiger partial charge in [-0.05, 0) is 49.9 Å². The number of carbonyl (C=O) groups is 1. The van der Waals surface area contributed by atoms with Gasteiger partial charge in [0.15, 0.2) is 0 Å². The van der Waals surface area contributed by atoms with Crippen LogP contribution in [0.4, 0.5) is 0 Å². The van der Waals surface area contributed by atoms with Gasteiger partial charge in [0, 0.05) is 5.75 Å². The molecule has 5 nitrogen and oxygen atoms in total. The third-order valence-corrected chi connectivity index (χ3v) is 4.74. The minimum atomic E-state index is -0.711. The number of thioether (sulfide) groups is 1. The molecule has 0 unspecified atom stereocenters. The first-order chi connectivity index (χ1) is 11.1. The first-order valence-electron chi connectivity index (χ1n) is 7.64. The van der Waals surface area contributed by atoms with E-state index in [0.717, 1.165) is 24.3 Å². The molecule has 6 heteroatoms. The standard InChI is InChI=1S/C17H22N2O3S/c1-17(12-18,13-3-4-13)19-16(20)11-23-10-9-22-15-7-5-14(21-2)6-8-15/h5-8,13H,3-4,9-11H2,1-2H3,(H,19,20)/t17-/m1/s1. The van der Waals surface area contributed by atoms with Gasteiger partial charge in [0.05, 0.1) is 25.5 Å². The van der Waals surface area contributed by atoms with Gasteiger partial charge in [-0.1, -0.05) is 0 Å². The number of hydrogen-bond acceptors (Lipinski definition) is 5. The molecule has 1 aromatic rings. The van der Waals surface area contributed by atoms with Gasteiger partial charge >= 0.3 is 0 Å². The van der Waals surface area contributed by atoms with Crippen molar-refractivity contribution in [3.63, 3.8) is 0 Å². The van der Waals surface area contributed by atoms with Gasteiger partial charge in [0.1, 0.15) is 17.0 Å². The molecule has 1 atom stereocenters. The highest BCUT2D eigenvalue weighted by Crippen LogP contribution is 2.39. The lowest BCUT2D eigenvalue weighted by molar-refractivity contribution is -0.119. The minimum Gasteiger partial charge on any atom is -0.497 e. The van der Waals surface area contributed by atoms with Crippen molar-refractivity contribution < 1.29 is 14.3 Å². The molecular weight excluding hydrogens is 312 g/mol. The van der Waals surface area contributed by atoms with Crippen LogP contribution < -0.4 is 14.8 Å². The summed E-state index contributed by atoms with van der Waals surface area (Å²) in [6.45, 7) is 2.34. The Labute approximate surface area is 141 Å². The summed E-state index contributed by atoms with van der Waals surface area (Å²) in [7, 11) is 1.62. The number of methoxy groups -OCH3 is 1. The summed E-state index contributed by atoms with van der Waals surface area (Å²) in [6.07, 6.45) is 2.04. The fourth-order valence-electron chi connectivity index (χ4n) is 2.26. The molecule has 1 saturated carbocycles. The predicted molar refractivity (Wildman–Crippen MR) is 90.7 cm³/mol. The van der Waals surface area contributed by atoms with Gasteiger partial charge in [-0.15, -0.1) is 11.8 Å². The van der Waals surface area contributed by atoms with Crippen LogP contribution in [0.1, 0.15) is 19.8 Å². The SMILES string of the molecule is COc1ccc(OCCSCC(=O)N[C@](C)(C#N)C2CC2)cc1. The highest BCUT2D eigenvalue weighted by atomic mass is 32.2. The number of rotatable bonds is 9. The number of hydrogen-bond donors (Lipinski definition) is 1. The number of ether oxygens (including phenoxy) is 2. The van der Waals surface area contributed by atoms with Crippen LogP contribution in [0.15, 0.2) is 24.3 Å².